The molecule has 1 aliphatic rings. The van der Waals surface area contributed by atoms with Crippen LogP contribution in [0.3, 0.4) is 0 Å². The maximum absolute atomic E-state index is 14.0. The number of morpholine rings is 1. The number of benzene rings is 2. The molecule has 14 heteroatoms. The highest BCUT2D eigenvalue weighted by Crippen LogP contribution is 2.30. The number of nitrogens with zero attached hydrogens (tertiary/aromatic N) is 5. The second-order valence-electron chi connectivity index (χ2n) is 10.5. The lowest BCUT2D eigenvalue weighted by atomic mass is 9.86. The van der Waals surface area contributed by atoms with E-state index < -0.39 is 23.5 Å². The molecule has 0 radical (unpaired) electrons. The van der Waals surface area contributed by atoms with Crippen molar-refractivity contribution in [3.8, 4) is 17.3 Å². The molecule has 2 amide bonds. The maximum Gasteiger partial charge on any atom is 0.260 e. The summed E-state index contributed by atoms with van der Waals surface area (Å²) in [5.74, 6) is -0.378. The zero-order chi connectivity index (χ0) is 31.6. The van der Waals surface area contributed by atoms with Crippen LogP contribution < -0.4 is 20.7 Å². The first-order valence-electron chi connectivity index (χ1n) is 14.3. The number of phenols is 1. The van der Waals surface area contributed by atoms with Gasteiger partial charge >= 0.3 is 0 Å². The van der Waals surface area contributed by atoms with Crippen molar-refractivity contribution in [1.29, 1.82) is 0 Å². The summed E-state index contributed by atoms with van der Waals surface area (Å²) in [5.41, 5.74) is 5.61. The number of nitrogens with two attached hydrogens (primary N) is 1. The van der Waals surface area contributed by atoms with Gasteiger partial charge in [-0.25, -0.2) is 9.67 Å². The minimum absolute atomic E-state index is 0.0186. The Labute approximate surface area is 257 Å². The molecule has 0 bridgehead atoms. The van der Waals surface area contributed by atoms with Crippen molar-refractivity contribution >= 4 is 34.4 Å². The van der Waals surface area contributed by atoms with Gasteiger partial charge < -0.3 is 35.3 Å². The molecule has 3 aromatic heterocycles. The minimum Gasteiger partial charge on any atom is -0.507 e. The molecule has 232 valence electrons. The van der Waals surface area contributed by atoms with E-state index in [1.807, 2.05) is 6.92 Å². The number of hydrogen-bond donors (Lipinski definition) is 4. The first kappa shape index (κ1) is 29.6. The first-order chi connectivity index (χ1) is 21.8. The van der Waals surface area contributed by atoms with Crippen LogP contribution in [0.1, 0.15) is 22.8 Å². The first-order valence-corrected chi connectivity index (χ1v) is 14.3. The van der Waals surface area contributed by atoms with Gasteiger partial charge in [-0.05, 0) is 42.8 Å². The maximum atomic E-state index is 14.0. The number of rotatable bonds is 10. The van der Waals surface area contributed by atoms with E-state index in [1.165, 1.54) is 17.0 Å². The largest absolute Gasteiger partial charge is 0.507 e. The topological polar surface area (TPSA) is 191 Å². The van der Waals surface area contributed by atoms with E-state index in [4.69, 9.17) is 19.7 Å². The Morgan fingerprint density at radius 2 is 2.04 bits per heavy atom. The molecule has 45 heavy (non-hydrogen) atoms. The number of ether oxygens (including phenoxy) is 2. The molecule has 2 aromatic carbocycles. The molecule has 5 aromatic rings. The molecule has 5 N–H and O–H groups in total. The Hall–Kier alpha value is -5.47. The van der Waals surface area contributed by atoms with Gasteiger partial charge in [-0.1, -0.05) is 23.4 Å². The molecule has 1 aliphatic heterocycles. The molecular formula is C31H31N7O7. The number of aromatic nitrogens is 4. The zero-order valence-electron chi connectivity index (χ0n) is 24.3. The fourth-order valence-corrected chi connectivity index (χ4v) is 5.27. The minimum atomic E-state index is -1.94. The number of amides is 2. The third kappa shape index (κ3) is 6.01. The summed E-state index contributed by atoms with van der Waals surface area (Å²) < 4.78 is 18.3. The highest BCUT2D eigenvalue weighted by molar-refractivity contribution is 5.98. The molecule has 6 rings (SSSR count). The number of hydrogen-bond acceptors (Lipinski definition) is 11. The average molecular weight is 614 g/mol. The predicted molar refractivity (Wildman–Crippen MR) is 162 cm³/mol. The highest BCUT2D eigenvalue weighted by atomic mass is 16.5. The number of carbonyl (C=O) groups excluding carboxylic acids is 2. The van der Waals surface area contributed by atoms with Crippen LogP contribution in [0.15, 0.2) is 77.6 Å². The number of pyridine rings is 1. The molecule has 0 saturated carbocycles. The number of anilines is 2. The second kappa shape index (κ2) is 12.3. The molecule has 0 spiro atoms. The lowest BCUT2D eigenvalue weighted by Gasteiger charge is -2.40. The van der Waals surface area contributed by atoms with E-state index in [0.717, 1.165) is 0 Å². The van der Waals surface area contributed by atoms with E-state index in [2.05, 4.69) is 20.6 Å². The van der Waals surface area contributed by atoms with Gasteiger partial charge in [-0.15, -0.1) is 5.10 Å². The summed E-state index contributed by atoms with van der Waals surface area (Å²) in [6.07, 6.45) is 1.81. The summed E-state index contributed by atoms with van der Waals surface area (Å²) in [5, 5.41) is 34.0. The normalized spacial score (nSPS) is 16.4. The van der Waals surface area contributed by atoms with E-state index >= 15 is 0 Å². The number of nitrogen functional groups attached to an aromatic ring is 1. The van der Waals surface area contributed by atoms with Gasteiger partial charge in [-0.2, -0.15) is 0 Å². The Bertz CT molecular complexity index is 1850. The van der Waals surface area contributed by atoms with Crippen LogP contribution in [0.4, 0.5) is 11.6 Å². The summed E-state index contributed by atoms with van der Waals surface area (Å²) in [6, 6.07) is 16.3. The zero-order valence-corrected chi connectivity index (χ0v) is 24.3. The molecule has 1 saturated heterocycles. The third-order valence-electron chi connectivity index (χ3n) is 7.48. The van der Waals surface area contributed by atoms with Crippen LogP contribution in [-0.2, 0) is 16.0 Å². The van der Waals surface area contributed by atoms with Gasteiger partial charge in [0, 0.05) is 30.9 Å². The summed E-state index contributed by atoms with van der Waals surface area (Å²) in [4.78, 5) is 32.6. The van der Waals surface area contributed by atoms with Crippen LogP contribution in [-0.4, -0.2) is 80.0 Å². The smallest absolute Gasteiger partial charge is 0.260 e. The number of carbonyl (C=O) groups is 2. The summed E-state index contributed by atoms with van der Waals surface area (Å²) >= 11 is 0. The quantitative estimate of drug-likeness (QED) is 0.181. The van der Waals surface area contributed by atoms with Gasteiger partial charge in [0.15, 0.2) is 23.3 Å². The van der Waals surface area contributed by atoms with Crippen LogP contribution in [0, 0.1) is 0 Å². The fourth-order valence-electron chi connectivity index (χ4n) is 5.27. The Morgan fingerprint density at radius 1 is 1.20 bits per heavy atom. The van der Waals surface area contributed by atoms with Crippen molar-refractivity contribution in [2.45, 2.75) is 25.0 Å². The van der Waals surface area contributed by atoms with Crippen molar-refractivity contribution in [3.05, 3.63) is 84.2 Å². The van der Waals surface area contributed by atoms with E-state index in [9.17, 15) is 19.8 Å². The van der Waals surface area contributed by atoms with Crippen molar-refractivity contribution in [1.82, 2.24) is 25.2 Å². The van der Waals surface area contributed by atoms with Gasteiger partial charge in [0.2, 0.25) is 5.88 Å². The Kier molecular flexibility index (Phi) is 8.06. The van der Waals surface area contributed by atoms with Gasteiger partial charge in [0.25, 0.3) is 11.8 Å². The van der Waals surface area contributed by atoms with Gasteiger partial charge in [-0.3, -0.25) is 14.5 Å². The van der Waals surface area contributed by atoms with Crippen LogP contribution >= 0.6 is 0 Å². The number of nitrogens with one attached hydrogen (secondary N) is 1. The Balaban J connectivity index is 1.28. The monoisotopic (exact) mass is 613 g/mol. The standard InChI is InChI=1S/C31H31N7O7/c1-2-43-26-16-20(9-11-33-26)38-12-10-25(35-38)37-13-14-44-27(30(37)41)31(42,18-34-29(40)21-5-3-4-6-23(21)39)17-19-7-8-22-24(15-19)45-36-28(22)32/h3-12,15-16,27,39,42H,2,13-14,17-18H2,1H3,(H2,32,36)(H,34,40)/t27-,31?/m0/s1. The van der Waals surface area contributed by atoms with Crippen LogP contribution in [0.2, 0.25) is 0 Å². The number of phenolic OH excluding ortho intramolecular Hbond substituents is 1. The number of aromatic hydroxyl groups is 1. The molecule has 1 unspecified atom stereocenters. The summed E-state index contributed by atoms with van der Waals surface area (Å²) in [7, 11) is 0. The number of fused-ring (bicyclic) bond motifs is 1. The van der Waals surface area contributed by atoms with E-state index in [1.54, 1.807) is 65.6 Å². The Morgan fingerprint density at radius 3 is 2.87 bits per heavy atom. The SMILES string of the molecule is CCOc1cc(-n2ccc(N3CCO[C@H](C(O)(CNC(=O)c4ccccc4O)Cc4ccc5c(N)noc5c4)C3=O)n2)ccn1. The molecule has 2 atom stereocenters. The third-order valence-corrected chi connectivity index (χ3v) is 7.48. The fraction of sp³-hybridized carbons (Fsp3) is 0.258. The van der Waals surface area contributed by atoms with E-state index in [-0.39, 0.29) is 43.2 Å². The van der Waals surface area contributed by atoms with Crippen molar-refractivity contribution in [3.63, 3.8) is 0 Å². The predicted octanol–water partition coefficient (Wildman–Crippen LogP) is 2.23. The van der Waals surface area contributed by atoms with Crippen molar-refractivity contribution in [2.75, 3.05) is 36.9 Å². The van der Waals surface area contributed by atoms with Crippen molar-refractivity contribution < 1.29 is 33.8 Å². The lowest BCUT2D eigenvalue weighted by Crippen LogP contribution is -2.63. The molecule has 0 aliphatic carbocycles. The lowest BCUT2D eigenvalue weighted by molar-refractivity contribution is -0.157. The molecular weight excluding hydrogens is 582 g/mol. The molecule has 4 heterocycles. The average Bonchev–Trinajstić information content (AvgIpc) is 3.68. The number of para-hydroxylation sites is 1. The van der Waals surface area contributed by atoms with Crippen LogP contribution in [0.5, 0.6) is 11.6 Å². The molecule has 14 nitrogen and oxygen atoms in total. The molecule has 1 fully saturated rings. The summed E-state index contributed by atoms with van der Waals surface area (Å²) in [6.45, 7) is 2.23. The van der Waals surface area contributed by atoms with E-state index in [0.29, 0.717) is 40.5 Å². The second-order valence-corrected chi connectivity index (χ2v) is 10.5. The number of aliphatic hydroxyl groups is 1. The van der Waals surface area contributed by atoms with Crippen LogP contribution in [0.25, 0.3) is 16.7 Å². The van der Waals surface area contributed by atoms with Crippen molar-refractivity contribution in [2.24, 2.45) is 0 Å². The van der Waals surface area contributed by atoms with Gasteiger partial charge in [0.1, 0.15) is 11.4 Å². The highest BCUT2D eigenvalue weighted by Gasteiger charge is 2.47. The van der Waals surface area contributed by atoms with Gasteiger partial charge in [0.05, 0.1) is 42.9 Å².